The van der Waals surface area contributed by atoms with Gasteiger partial charge in [0.1, 0.15) is 0 Å². The molecule has 3 heterocycles. The predicted molar refractivity (Wildman–Crippen MR) is 82.3 cm³/mol. The van der Waals surface area contributed by atoms with E-state index in [4.69, 9.17) is 0 Å². The van der Waals surface area contributed by atoms with E-state index in [0.29, 0.717) is 13.1 Å². The van der Waals surface area contributed by atoms with E-state index >= 15 is 0 Å². The number of Topliss-reactive ketones (excluding diaryl/α,β-unsaturated/α-hetero) is 1. The Hall–Kier alpha value is -2.59. The van der Waals surface area contributed by atoms with Crippen molar-refractivity contribution in [2.75, 3.05) is 13.1 Å². The van der Waals surface area contributed by atoms with Gasteiger partial charge in [0.05, 0.1) is 11.4 Å². The first kappa shape index (κ1) is 13.4. The number of carbonyl (C=O) groups is 1. The fourth-order valence-corrected chi connectivity index (χ4v) is 2.21. The van der Waals surface area contributed by atoms with Crippen molar-refractivity contribution in [3.8, 4) is 0 Å². The molecule has 1 aliphatic heterocycles. The van der Waals surface area contributed by atoms with Crippen LogP contribution in [0.1, 0.15) is 11.4 Å². The first-order valence-electron chi connectivity index (χ1n) is 6.81. The van der Waals surface area contributed by atoms with Crippen molar-refractivity contribution in [1.29, 1.82) is 0 Å². The maximum Gasteiger partial charge on any atom is 0.187 e. The Labute approximate surface area is 123 Å². The quantitative estimate of drug-likeness (QED) is 0.854. The molecule has 2 aromatic rings. The topological polar surface area (TPSA) is 54.9 Å². The Morgan fingerprint density at radius 3 is 1.81 bits per heavy atom. The van der Waals surface area contributed by atoms with Crippen LogP contribution in [0.5, 0.6) is 0 Å². The summed E-state index contributed by atoms with van der Waals surface area (Å²) in [7, 11) is 0. The summed E-state index contributed by atoms with van der Waals surface area (Å²) in [5, 5.41) is 3.24. The number of piperidine rings is 1. The molecular formula is C17H15N3O. The molecule has 0 aromatic carbocycles. The van der Waals surface area contributed by atoms with E-state index in [2.05, 4.69) is 15.3 Å². The van der Waals surface area contributed by atoms with E-state index in [1.54, 1.807) is 12.4 Å². The average molecular weight is 277 g/mol. The third-order valence-electron chi connectivity index (χ3n) is 3.23. The lowest BCUT2D eigenvalue weighted by Crippen LogP contribution is -2.32. The summed E-state index contributed by atoms with van der Waals surface area (Å²) in [6, 6.07) is 11.3. The second kappa shape index (κ2) is 6.24. The van der Waals surface area contributed by atoms with E-state index in [1.165, 1.54) is 0 Å². The van der Waals surface area contributed by atoms with Crippen LogP contribution in [0.3, 0.4) is 0 Å². The molecule has 2 aromatic heterocycles. The molecule has 3 rings (SSSR count). The van der Waals surface area contributed by atoms with Crippen molar-refractivity contribution < 1.29 is 4.79 Å². The van der Waals surface area contributed by atoms with Crippen LogP contribution in [0.15, 0.2) is 59.9 Å². The lowest BCUT2D eigenvalue weighted by molar-refractivity contribution is -0.112. The minimum absolute atomic E-state index is 0.0602. The summed E-state index contributed by atoms with van der Waals surface area (Å²) >= 11 is 0. The monoisotopic (exact) mass is 277 g/mol. The lowest BCUT2D eigenvalue weighted by Gasteiger charge is -2.17. The van der Waals surface area contributed by atoms with Gasteiger partial charge in [-0.25, -0.2) is 0 Å². The van der Waals surface area contributed by atoms with Gasteiger partial charge >= 0.3 is 0 Å². The van der Waals surface area contributed by atoms with Gasteiger partial charge in [-0.15, -0.1) is 0 Å². The third-order valence-corrected chi connectivity index (χ3v) is 3.23. The van der Waals surface area contributed by atoms with Crippen LogP contribution < -0.4 is 5.32 Å². The van der Waals surface area contributed by atoms with E-state index in [0.717, 1.165) is 22.5 Å². The maximum absolute atomic E-state index is 12.5. The molecule has 104 valence electrons. The van der Waals surface area contributed by atoms with E-state index < -0.39 is 0 Å². The number of carbonyl (C=O) groups excluding carboxylic acids is 1. The molecule has 0 unspecified atom stereocenters. The average Bonchev–Trinajstić information content (AvgIpc) is 2.53. The van der Waals surface area contributed by atoms with Gasteiger partial charge in [0.15, 0.2) is 5.78 Å². The summed E-state index contributed by atoms with van der Waals surface area (Å²) in [6.45, 7) is 1.13. The van der Waals surface area contributed by atoms with Gasteiger partial charge in [0.2, 0.25) is 0 Å². The van der Waals surface area contributed by atoms with Gasteiger partial charge in [-0.2, -0.15) is 0 Å². The minimum Gasteiger partial charge on any atom is -0.308 e. The second-order valence-corrected chi connectivity index (χ2v) is 4.78. The normalized spacial score (nSPS) is 19.1. The van der Waals surface area contributed by atoms with Gasteiger partial charge in [-0.3, -0.25) is 14.8 Å². The molecule has 21 heavy (non-hydrogen) atoms. The highest BCUT2D eigenvalue weighted by Gasteiger charge is 2.20. The van der Waals surface area contributed by atoms with Crippen LogP contribution in [-0.2, 0) is 4.79 Å². The van der Waals surface area contributed by atoms with Crippen LogP contribution in [0.2, 0.25) is 0 Å². The maximum atomic E-state index is 12.5. The summed E-state index contributed by atoms with van der Waals surface area (Å²) in [4.78, 5) is 21.0. The van der Waals surface area contributed by atoms with Crippen molar-refractivity contribution in [3.05, 3.63) is 71.3 Å². The molecule has 4 nitrogen and oxygen atoms in total. The fraction of sp³-hybridized carbons (Fsp3) is 0.118. The number of pyridine rings is 2. The van der Waals surface area contributed by atoms with E-state index in [-0.39, 0.29) is 5.78 Å². The van der Waals surface area contributed by atoms with Gasteiger partial charge in [0.25, 0.3) is 0 Å². The molecule has 0 saturated carbocycles. The van der Waals surface area contributed by atoms with Crippen molar-refractivity contribution >= 4 is 17.9 Å². The van der Waals surface area contributed by atoms with Gasteiger partial charge in [0, 0.05) is 36.6 Å². The molecule has 0 spiro atoms. The van der Waals surface area contributed by atoms with Crippen molar-refractivity contribution in [2.45, 2.75) is 0 Å². The summed E-state index contributed by atoms with van der Waals surface area (Å²) in [5.41, 5.74) is 3.03. The predicted octanol–water partition coefficient (Wildman–Crippen LogP) is 2.12. The smallest absolute Gasteiger partial charge is 0.187 e. The zero-order chi connectivity index (χ0) is 14.5. The van der Waals surface area contributed by atoms with Crippen LogP contribution in [0, 0.1) is 0 Å². The number of hydrogen-bond donors (Lipinski definition) is 1. The van der Waals surface area contributed by atoms with Crippen LogP contribution >= 0.6 is 0 Å². The van der Waals surface area contributed by atoms with Gasteiger partial charge in [-0.1, -0.05) is 12.1 Å². The Morgan fingerprint density at radius 1 is 0.857 bits per heavy atom. The first-order chi connectivity index (χ1) is 10.3. The number of ketones is 1. The minimum atomic E-state index is 0.0602. The summed E-state index contributed by atoms with van der Waals surface area (Å²) in [6.07, 6.45) is 7.11. The first-order valence-corrected chi connectivity index (χ1v) is 6.81. The number of aromatic nitrogens is 2. The highest BCUT2D eigenvalue weighted by molar-refractivity contribution is 6.14. The Bertz CT molecular complexity index is 631. The molecule has 0 radical (unpaired) electrons. The van der Waals surface area contributed by atoms with Crippen LogP contribution in [-0.4, -0.2) is 28.8 Å². The summed E-state index contributed by atoms with van der Waals surface area (Å²) < 4.78 is 0. The number of hydrogen-bond acceptors (Lipinski definition) is 4. The number of nitrogens with zero attached hydrogens (tertiary/aromatic N) is 2. The molecule has 0 aliphatic carbocycles. The second-order valence-electron chi connectivity index (χ2n) is 4.78. The molecule has 1 N–H and O–H groups in total. The van der Waals surface area contributed by atoms with Crippen LogP contribution in [0.4, 0.5) is 0 Å². The molecule has 1 saturated heterocycles. The molecule has 0 amide bonds. The van der Waals surface area contributed by atoms with Crippen molar-refractivity contribution in [3.63, 3.8) is 0 Å². The standard InChI is InChI=1S/C17H15N3O/c21-17-13(9-15-5-1-3-7-19-15)11-18-12-14(17)10-16-6-2-4-8-20-16/h1-10,18H,11-12H2/b13-9-,14-10+. The molecule has 0 atom stereocenters. The van der Waals surface area contributed by atoms with Crippen molar-refractivity contribution in [2.24, 2.45) is 0 Å². The number of rotatable bonds is 2. The van der Waals surface area contributed by atoms with Crippen LogP contribution in [0.25, 0.3) is 12.2 Å². The molecule has 1 aliphatic rings. The Balaban J connectivity index is 1.88. The van der Waals surface area contributed by atoms with E-state index in [1.807, 2.05) is 48.6 Å². The molecule has 1 fully saturated rings. The molecule has 0 bridgehead atoms. The fourth-order valence-electron chi connectivity index (χ4n) is 2.21. The highest BCUT2D eigenvalue weighted by Crippen LogP contribution is 2.15. The Morgan fingerprint density at radius 2 is 1.38 bits per heavy atom. The van der Waals surface area contributed by atoms with Gasteiger partial charge < -0.3 is 5.32 Å². The largest absolute Gasteiger partial charge is 0.308 e. The van der Waals surface area contributed by atoms with Gasteiger partial charge in [-0.05, 0) is 36.4 Å². The van der Waals surface area contributed by atoms with E-state index in [9.17, 15) is 4.79 Å². The van der Waals surface area contributed by atoms with Crippen molar-refractivity contribution in [1.82, 2.24) is 15.3 Å². The SMILES string of the molecule is O=C1/C(=C\c2ccccn2)CNC/C1=C\c1ccccn1. The lowest BCUT2D eigenvalue weighted by atomic mass is 9.97. The zero-order valence-corrected chi connectivity index (χ0v) is 11.5. The zero-order valence-electron chi connectivity index (χ0n) is 11.5. The highest BCUT2D eigenvalue weighted by atomic mass is 16.1. The summed E-state index contributed by atoms with van der Waals surface area (Å²) in [5.74, 6) is 0.0602. The molecular weight excluding hydrogens is 262 g/mol. The molecule has 4 heteroatoms. The number of nitrogens with one attached hydrogen (secondary N) is 1. The Kier molecular flexibility index (Phi) is 3.98. The third kappa shape index (κ3) is 3.30.